The normalized spacial score (nSPS) is 20.8. The Morgan fingerprint density at radius 1 is 1.21 bits per heavy atom. The molecule has 3 saturated heterocycles. The number of halogens is 5. The van der Waals surface area contributed by atoms with Crippen molar-refractivity contribution in [2.45, 2.75) is 37.5 Å². The van der Waals surface area contributed by atoms with Crippen molar-refractivity contribution < 1.29 is 31.4 Å². The van der Waals surface area contributed by atoms with Crippen molar-refractivity contribution in [2.24, 2.45) is 5.92 Å². The zero-order valence-electron chi connectivity index (χ0n) is 22.6. The van der Waals surface area contributed by atoms with Gasteiger partial charge in [0, 0.05) is 54.7 Å². The number of anilines is 2. The van der Waals surface area contributed by atoms with Crippen LogP contribution in [-0.2, 0) is 10.9 Å². The average molecular weight is 617 g/mol. The number of nitrogens with one attached hydrogen (secondary N) is 1. The fraction of sp³-hybridized carbons (Fsp3) is 0.414. The Bertz CT molecular complexity index is 1800. The highest BCUT2D eigenvalue weighted by molar-refractivity contribution is 7.23. The monoisotopic (exact) mass is 616 g/mol. The van der Waals surface area contributed by atoms with Crippen LogP contribution >= 0.6 is 11.3 Å². The maximum absolute atomic E-state index is 16.7. The van der Waals surface area contributed by atoms with E-state index in [4.69, 9.17) is 15.2 Å². The molecule has 0 saturated carbocycles. The lowest BCUT2D eigenvalue weighted by atomic mass is 9.92. The molecule has 5 heterocycles. The Morgan fingerprint density at radius 3 is 2.67 bits per heavy atom. The molecule has 0 aliphatic carbocycles. The number of hydrogen-bond acceptors (Lipinski definition) is 9. The van der Waals surface area contributed by atoms with Gasteiger partial charge >= 0.3 is 12.2 Å². The van der Waals surface area contributed by atoms with Gasteiger partial charge in [-0.2, -0.15) is 28.4 Å². The van der Waals surface area contributed by atoms with Gasteiger partial charge in [0.05, 0.1) is 22.4 Å². The number of ether oxygens (including phenoxy) is 2. The van der Waals surface area contributed by atoms with Gasteiger partial charge in [-0.25, -0.2) is 8.78 Å². The topological polar surface area (TPSA) is 109 Å². The second-order valence-electron chi connectivity index (χ2n) is 11.1. The molecule has 2 atom stereocenters. The number of nitriles is 1. The first kappa shape index (κ1) is 28.0. The number of alkyl halides is 3. The lowest BCUT2D eigenvalue weighted by Crippen LogP contribution is -2.44. The molecule has 2 aromatic heterocycles. The maximum Gasteiger partial charge on any atom is 0.417 e. The predicted octanol–water partition coefficient (Wildman–Crippen LogP) is 5.62. The zero-order valence-corrected chi connectivity index (χ0v) is 23.4. The lowest BCUT2D eigenvalue weighted by Gasteiger charge is -2.30. The summed E-state index contributed by atoms with van der Waals surface area (Å²) in [6.45, 7) is 2.52. The zero-order chi connectivity index (χ0) is 30.0. The number of benzene rings is 2. The summed E-state index contributed by atoms with van der Waals surface area (Å²) in [6.07, 6.45) is -2.71. The van der Waals surface area contributed by atoms with Crippen LogP contribution in [0.15, 0.2) is 18.2 Å². The summed E-state index contributed by atoms with van der Waals surface area (Å²) in [5.74, 6) is -1.72. The number of nitrogens with zero attached hydrogens (tertiary/aromatic N) is 4. The Labute approximate surface area is 246 Å². The number of rotatable bonds is 5. The van der Waals surface area contributed by atoms with E-state index in [1.807, 2.05) is 11.0 Å². The molecule has 224 valence electrons. The van der Waals surface area contributed by atoms with E-state index in [0.717, 1.165) is 48.8 Å². The van der Waals surface area contributed by atoms with Gasteiger partial charge in [-0.1, -0.05) is 6.07 Å². The van der Waals surface area contributed by atoms with Gasteiger partial charge < -0.3 is 25.4 Å². The predicted molar refractivity (Wildman–Crippen MR) is 151 cm³/mol. The van der Waals surface area contributed by atoms with Crippen LogP contribution in [0.3, 0.4) is 0 Å². The molecule has 0 amide bonds. The van der Waals surface area contributed by atoms with E-state index in [9.17, 15) is 22.8 Å². The molecule has 4 aromatic rings. The number of hydrogen-bond donors (Lipinski definition) is 2. The van der Waals surface area contributed by atoms with Crippen molar-refractivity contribution in [3.8, 4) is 23.2 Å². The molecule has 3 N–H and O–H groups in total. The van der Waals surface area contributed by atoms with Crippen molar-refractivity contribution in [1.29, 1.82) is 5.26 Å². The number of nitrogens with two attached hydrogens (primary N) is 1. The van der Waals surface area contributed by atoms with E-state index in [1.54, 1.807) is 0 Å². The average Bonchev–Trinajstić information content (AvgIpc) is 3.71. The van der Waals surface area contributed by atoms with Crippen molar-refractivity contribution in [3.05, 3.63) is 41.0 Å². The molecule has 0 unspecified atom stereocenters. The number of fused-ring (bicyclic) bond motifs is 4. The van der Waals surface area contributed by atoms with E-state index < -0.39 is 28.9 Å². The van der Waals surface area contributed by atoms with E-state index in [2.05, 4.69) is 15.3 Å². The summed E-state index contributed by atoms with van der Waals surface area (Å²) >= 11 is 0.720. The number of thiophene rings is 1. The minimum absolute atomic E-state index is 0.0350. The second-order valence-corrected chi connectivity index (χ2v) is 12.2. The largest absolute Gasteiger partial charge is 0.463 e. The molecule has 2 bridgehead atoms. The summed E-state index contributed by atoms with van der Waals surface area (Å²) in [5.41, 5.74) is 2.91. The SMILES string of the molecule is N#Cc1c(N)sc2c(F)ccc(-c3c(C(F)(F)F)cc4c(N5C[C@H]6C[C@@H]5CN6)nc(OCC5CCOCC5)nc4c3F)c12. The Kier molecular flexibility index (Phi) is 6.79. The first-order valence-corrected chi connectivity index (χ1v) is 14.7. The van der Waals surface area contributed by atoms with Crippen LogP contribution in [0.2, 0.25) is 0 Å². The highest BCUT2D eigenvalue weighted by Crippen LogP contribution is 2.48. The van der Waals surface area contributed by atoms with Crippen LogP contribution in [0.1, 0.15) is 30.4 Å². The van der Waals surface area contributed by atoms with E-state index in [1.165, 1.54) is 0 Å². The van der Waals surface area contributed by atoms with Gasteiger partial charge in [-0.3, -0.25) is 0 Å². The summed E-state index contributed by atoms with van der Waals surface area (Å²) in [5, 5.41) is 12.7. The van der Waals surface area contributed by atoms with Gasteiger partial charge in [0.15, 0.2) is 5.82 Å². The third-order valence-electron chi connectivity index (χ3n) is 8.51. The molecule has 0 spiro atoms. The van der Waals surface area contributed by atoms with Crippen molar-refractivity contribution in [2.75, 3.05) is 43.5 Å². The minimum Gasteiger partial charge on any atom is -0.463 e. The third-order valence-corrected chi connectivity index (χ3v) is 9.54. The third kappa shape index (κ3) is 4.70. The fourth-order valence-corrected chi connectivity index (χ4v) is 7.35. The summed E-state index contributed by atoms with van der Waals surface area (Å²) in [6, 6.07) is 4.63. The van der Waals surface area contributed by atoms with E-state index >= 15 is 4.39 Å². The Balaban J connectivity index is 1.47. The highest BCUT2D eigenvalue weighted by Gasteiger charge is 2.42. The molecule has 14 heteroatoms. The van der Waals surface area contributed by atoms with Gasteiger partial charge in [-0.15, -0.1) is 11.3 Å². The fourth-order valence-electron chi connectivity index (χ4n) is 6.40. The van der Waals surface area contributed by atoms with Crippen LogP contribution in [-0.4, -0.2) is 55.0 Å². The molecular formula is C29H25F5N6O2S. The lowest BCUT2D eigenvalue weighted by molar-refractivity contribution is -0.137. The van der Waals surface area contributed by atoms with Crippen LogP contribution in [0, 0.1) is 28.9 Å². The van der Waals surface area contributed by atoms with Crippen molar-refractivity contribution >= 4 is 43.1 Å². The first-order chi connectivity index (χ1) is 20.6. The van der Waals surface area contributed by atoms with Crippen LogP contribution in [0.25, 0.3) is 32.1 Å². The molecule has 0 radical (unpaired) electrons. The first-order valence-electron chi connectivity index (χ1n) is 13.9. The van der Waals surface area contributed by atoms with Crippen LogP contribution < -0.4 is 20.7 Å². The Morgan fingerprint density at radius 2 is 2.00 bits per heavy atom. The van der Waals surface area contributed by atoms with E-state index in [-0.39, 0.29) is 73.6 Å². The number of aromatic nitrogens is 2. The maximum atomic E-state index is 16.7. The van der Waals surface area contributed by atoms with Crippen molar-refractivity contribution in [3.63, 3.8) is 0 Å². The summed E-state index contributed by atoms with van der Waals surface area (Å²) < 4.78 is 87.0. The molecule has 2 aromatic carbocycles. The summed E-state index contributed by atoms with van der Waals surface area (Å²) in [7, 11) is 0. The smallest absolute Gasteiger partial charge is 0.417 e. The molecular weight excluding hydrogens is 591 g/mol. The van der Waals surface area contributed by atoms with Gasteiger partial charge in [0.2, 0.25) is 0 Å². The molecule has 3 aliphatic rings. The molecule has 3 aliphatic heterocycles. The molecule has 43 heavy (non-hydrogen) atoms. The summed E-state index contributed by atoms with van der Waals surface area (Å²) in [4.78, 5) is 10.7. The number of piperazine rings is 1. The van der Waals surface area contributed by atoms with Gasteiger partial charge in [0.25, 0.3) is 0 Å². The van der Waals surface area contributed by atoms with Crippen LogP contribution in [0.5, 0.6) is 6.01 Å². The molecule has 7 rings (SSSR count). The van der Waals surface area contributed by atoms with Crippen LogP contribution in [0.4, 0.5) is 32.8 Å². The van der Waals surface area contributed by atoms with Crippen molar-refractivity contribution in [1.82, 2.24) is 15.3 Å². The Hall–Kier alpha value is -3.80. The minimum atomic E-state index is -5.01. The standard InChI is InChI=1S/C29H25F5N6O2S/c30-20-2-1-16(21-18(9-35)26(36)43-25(20)21)22-19(29(32,33)34)8-17-24(23(22)31)38-28(42-12-13-3-5-41-6-4-13)39-27(17)40-11-14-7-15(40)10-37-14/h1-2,8,13-15,37H,3-7,10-12,36H2/t14-,15-/m1/s1. The van der Waals surface area contributed by atoms with E-state index in [0.29, 0.717) is 26.3 Å². The van der Waals surface area contributed by atoms with Gasteiger partial charge in [-0.05, 0) is 42.9 Å². The second kappa shape index (κ2) is 10.4. The molecule has 8 nitrogen and oxygen atoms in total. The molecule has 3 fully saturated rings. The highest BCUT2D eigenvalue weighted by atomic mass is 32.1. The van der Waals surface area contributed by atoms with Gasteiger partial charge in [0.1, 0.15) is 28.2 Å². The quantitative estimate of drug-likeness (QED) is 0.278. The number of nitrogen functional groups attached to an aromatic ring is 1.